The number of aromatic nitrogens is 1. The molecule has 33 heavy (non-hydrogen) atoms. The second-order valence-electron chi connectivity index (χ2n) is 9.54. The third kappa shape index (κ3) is 3.39. The van der Waals surface area contributed by atoms with E-state index in [1.807, 2.05) is 6.07 Å². The van der Waals surface area contributed by atoms with Gasteiger partial charge in [-0.25, -0.2) is 4.39 Å². The van der Waals surface area contributed by atoms with Crippen LogP contribution < -0.4 is 0 Å². The first-order chi connectivity index (χ1) is 16.7. The summed E-state index contributed by atoms with van der Waals surface area (Å²) in [7, 11) is 0. The molecule has 162 valence electrons. The number of halogens is 1. The zero-order valence-corrected chi connectivity index (χ0v) is 19.6. The lowest BCUT2D eigenvalue weighted by Crippen LogP contribution is -2.11. The van der Waals surface area contributed by atoms with Crippen LogP contribution in [0.3, 0.4) is 0 Å². The number of hydrogen-bond donors (Lipinski definition) is 0. The standard InChI is InChI=1S/C30H24FNS/c1-30(2,3)16-20-15-26(32-17-25(20)31)24-14-19-9-5-6-10-21(19)27-23-13-12-18-8-4-7-11-22(18)28(23)33-29(24)27/h4-15,17H,16H2,1-3H3/i16D2. The number of nitrogens with zero attached hydrogens (tertiary/aromatic N) is 1. The van der Waals surface area contributed by atoms with Gasteiger partial charge in [-0.1, -0.05) is 81.4 Å². The van der Waals surface area contributed by atoms with Crippen molar-refractivity contribution in [2.75, 3.05) is 0 Å². The molecule has 0 aliphatic rings. The molecule has 3 heteroatoms. The smallest absolute Gasteiger partial charge is 0.144 e. The van der Waals surface area contributed by atoms with Gasteiger partial charge in [-0.2, -0.15) is 0 Å². The summed E-state index contributed by atoms with van der Waals surface area (Å²) in [6.07, 6.45) is -0.695. The average molecular weight is 452 g/mol. The van der Waals surface area contributed by atoms with Crippen LogP contribution in [0.5, 0.6) is 0 Å². The molecule has 0 amide bonds. The van der Waals surface area contributed by atoms with Crippen LogP contribution in [-0.2, 0) is 6.37 Å². The summed E-state index contributed by atoms with van der Waals surface area (Å²) in [4.78, 5) is 4.46. The van der Waals surface area contributed by atoms with Gasteiger partial charge >= 0.3 is 0 Å². The Bertz CT molecular complexity index is 1780. The minimum Gasteiger partial charge on any atom is -0.253 e. The fourth-order valence-corrected chi connectivity index (χ4v) is 6.01. The highest BCUT2D eigenvalue weighted by Crippen LogP contribution is 2.46. The summed E-state index contributed by atoms with van der Waals surface area (Å²) in [5, 5.41) is 7.00. The molecule has 4 aromatic carbocycles. The Kier molecular flexibility index (Phi) is 4.05. The van der Waals surface area contributed by atoms with Gasteiger partial charge in [0, 0.05) is 28.5 Å². The first-order valence-corrected chi connectivity index (χ1v) is 11.9. The lowest BCUT2D eigenvalue weighted by Gasteiger charge is -2.19. The molecule has 0 spiro atoms. The van der Waals surface area contributed by atoms with Gasteiger partial charge in [-0.3, -0.25) is 4.98 Å². The molecule has 6 rings (SSSR count). The predicted molar refractivity (Wildman–Crippen MR) is 141 cm³/mol. The number of rotatable bonds is 2. The maximum Gasteiger partial charge on any atom is 0.144 e. The van der Waals surface area contributed by atoms with E-state index < -0.39 is 17.6 Å². The number of thiophene rings is 1. The van der Waals surface area contributed by atoms with Crippen LogP contribution >= 0.6 is 11.3 Å². The van der Waals surface area contributed by atoms with Crippen LogP contribution in [0.2, 0.25) is 0 Å². The summed E-state index contributed by atoms with van der Waals surface area (Å²) in [6.45, 7) is 5.37. The Morgan fingerprint density at radius 2 is 1.58 bits per heavy atom. The molecule has 2 heterocycles. The van der Waals surface area contributed by atoms with Crippen LogP contribution in [0.1, 0.15) is 29.1 Å². The van der Waals surface area contributed by atoms with Crippen molar-refractivity contribution in [1.29, 1.82) is 0 Å². The summed E-state index contributed by atoms with van der Waals surface area (Å²) in [5.41, 5.74) is 0.751. The number of benzene rings is 4. The van der Waals surface area contributed by atoms with Gasteiger partial charge in [0.1, 0.15) is 5.82 Å². The van der Waals surface area contributed by atoms with Crippen molar-refractivity contribution in [3.05, 3.63) is 90.4 Å². The van der Waals surface area contributed by atoms with Gasteiger partial charge in [0.05, 0.1) is 11.9 Å². The average Bonchev–Trinajstić information content (AvgIpc) is 3.23. The van der Waals surface area contributed by atoms with Crippen molar-refractivity contribution in [3.63, 3.8) is 0 Å². The van der Waals surface area contributed by atoms with E-state index in [1.165, 1.54) is 26.2 Å². The van der Waals surface area contributed by atoms with Crippen molar-refractivity contribution in [2.45, 2.75) is 27.1 Å². The van der Waals surface area contributed by atoms with Gasteiger partial charge in [0.15, 0.2) is 0 Å². The third-order valence-corrected chi connectivity index (χ3v) is 7.27. The molecule has 0 saturated heterocycles. The van der Waals surface area contributed by atoms with Gasteiger partial charge < -0.3 is 0 Å². The zero-order valence-electron chi connectivity index (χ0n) is 20.7. The van der Waals surface area contributed by atoms with Crippen LogP contribution in [0.15, 0.2) is 79.0 Å². The Morgan fingerprint density at radius 1 is 0.848 bits per heavy atom. The van der Waals surface area contributed by atoms with Crippen molar-refractivity contribution in [2.24, 2.45) is 5.41 Å². The van der Waals surface area contributed by atoms with E-state index in [2.05, 4.69) is 65.6 Å². The van der Waals surface area contributed by atoms with Crippen molar-refractivity contribution < 1.29 is 7.13 Å². The number of fused-ring (bicyclic) bond motifs is 7. The van der Waals surface area contributed by atoms with Crippen LogP contribution in [0.25, 0.3) is 53.0 Å². The Hall–Kier alpha value is -3.30. The predicted octanol–water partition coefficient (Wildman–Crippen LogP) is 9.15. The van der Waals surface area contributed by atoms with Gasteiger partial charge in [-0.05, 0) is 51.0 Å². The maximum absolute atomic E-state index is 14.9. The van der Waals surface area contributed by atoms with Crippen molar-refractivity contribution >= 4 is 53.1 Å². The highest BCUT2D eigenvalue weighted by atomic mass is 32.1. The van der Waals surface area contributed by atoms with E-state index in [9.17, 15) is 4.39 Å². The fraction of sp³-hybridized carbons (Fsp3) is 0.167. The maximum atomic E-state index is 14.9. The Balaban J connectivity index is 1.73. The van der Waals surface area contributed by atoms with E-state index in [0.717, 1.165) is 27.2 Å². The summed E-state index contributed by atoms with van der Waals surface area (Å²) < 4.78 is 34.6. The van der Waals surface area contributed by atoms with E-state index in [0.29, 0.717) is 5.69 Å². The van der Waals surface area contributed by atoms with Gasteiger partial charge in [0.25, 0.3) is 0 Å². The van der Waals surface area contributed by atoms with Crippen LogP contribution in [0.4, 0.5) is 4.39 Å². The molecular formula is C30H24FNS. The Morgan fingerprint density at radius 3 is 2.36 bits per heavy atom. The lowest BCUT2D eigenvalue weighted by atomic mass is 9.87. The molecule has 6 aromatic rings. The zero-order chi connectivity index (χ0) is 24.5. The highest BCUT2D eigenvalue weighted by Gasteiger charge is 2.19. The van der Waals surface area contributed by atoms with E-state index in [-0.39, 0.29) is 5.56 Å². The quantitative estimate of drug-likeness (QED) is 0.256. The monoisotopic (exact) mass is 451 g/mol. The molecule has 0 atom stereocenters. The second-order valence-corrected chi connectivity index (χ2v) is 10.6. The molecule has 0 radical (unpaired) electrons. The minimum absolute atomic E-state index is 0.0443. The number of pyridine rings is 1. The van der Waals surface area contributed by atoms with E-state index >= 15 is 0 Å². The molecule has 0 N–H and O–H groups in total. The van der Waals surface area contributed by atoms with Gasteiger partial charge in [-0.15, -0.1) is 11.3 Å². The molecule has 0 aliphatic carbocycles. The third-order valence-electron chi connectivity index (χ3n) is 6.00. The van der Waals surface area contributed by atoms with Gasteiger partial charge in [0.2, 0.25) is 0 Å². The summed E-state index contributed by atoms with van der Waals surface area (Å²) in [6, 6.07) is 24.8. The molecule has 1 nitrogen and oxygen atoms in total. The van der Waals surface area contributed by atoms with E-state index in [1.54, 1.807) is 38.2 Å². The first kappa shape index (κ1) is 18.2. The van der Waals surface area contributed by atoms with Crippen LogP contribution in [-0.4, -0.2) is 4.98 Å². The normalized spacial score (nSPS) is 13.7. The molecule has 0 fully saturated rings. The molecule has 0 aliphatic heterocycles. The molecule has 0 unspecified atom stereocenters. The SMILES string of the molecule is [2H]C([2H])(c1cc(-c2cc3ccccc3c3c2sc2c4ccccc4ccc23)ncc1F)C(C)(C)C. The number of hydrogen-bond acceptors (Lipinski definition) is 2. The molecule has 0 bridgehead atoms. The first-order valence-electron chi connectivity index (χ1n) is 12.1. The fourth-order valence-electron chi connectivity index (χ4n) is 4.63. The largest absolute Gasteiger partial charge is 0.253 e. The highest BCUT2D eigenvalue weighted by molar-refractivity contribution is 7.27. The summed E-state index contributed by atoms with van der Waals surface area (Å²) >= 11 is 1.72. The van der Waals surface area contributed by atoms with Crippen LogP contribution in [0, 0.1) is 11.2 Å². The topological polar surface area (TPSA) is 12.9 Å². The lowest BCUT2D eigenvalue weighted by molar-refractivity contribution is 0.402. The molecular weight excluding hydrogens is 425 g/mol. The summed E-state index contributed by atoms with van der Waals surface area (Å²) in [5.74, 6) is -0.618. The van der Waals surface area contributed by atoms with E-state index in [4.69, 9.17) is 2.74 Å². The van der Waals surface area contributed by atoms with Crippen molar-refractivity contribution in [3.8, 4) is 11.3 Å². The molecule has 0 saturated carbocycles. The minimum atomic E-state index is -1.86. The Labute approximate surface area is 199 Å². The second kappa shape index (κ2) is 7.36. The molecule has 2 aromatic heterocycles. The van der Waals surface area contributed by atoms with Crippen molar-refractivity contribution in [1.82, 2.24) is 4.98 Å².